The van der Waals surface area contributed by atoms with E-state index in [2.05, 4.69) is 44.3 Å². The van der Waals surface area contributed by atoms with Crippen molar-refractivity contribution < 1.29 is 4.74 Å². The first-order valence-electron chi connectivity index (χ1n) is 7.65. The molecular formula is C19H25NO. The van der Waals surface area contributed by atoms with Crippen LogP contribution in [0.4, 0.5) is 0 Å². The zero-order valence-electron chi connectivity index (χ0n) is 13.2. The quantitative estimate of drug-likeness (QED) is 0.759. The number of ether oxygens (including phenoxy) is 1. The van der Waals surface area contributed by atoms with Gasteiger partial charge >= 0.3 is 0 Å². The van der Waals surface area contributed by atoms with Crippen molar-refractivity contribution in [3.05, 3.63) is 65.2 Å². The molecule has 0 aromatic heterocycles. The molecule has 0 aliphatic rings. The number of para-hydroxylation sites is 1. The first-order valence-corrected chi connectivity index (χ1v) is 7.65. The predicted molar refractivity (Wildman–Crippen MR) is 88.9 cm³/mol. The van der Waals surface area contributed by atoms with Crippen LogP contribution in [0.3, 0.4) is 0 Å². The van der Waals surface area contributed by atoms with Crippen molar-refractivity contribution in [3.63, 3.8) is 0 Å². The molecule has 1 unspecified atom stereocenters. The maximum atomic E-state index is 5.69. The zero-order valence-corrected chi connectivity index (χ0v) is 13.2. The van der Waals surface area contributed by atoms with Crippen LogP contribution in [0, 0.1) is 13.8 Å². The minimum atomic E-state index is 0.376. The van der Waals surface area contributed by atoms with Gasteiger partial charge in [0.2, 0.25) is 0 Å². The fourth-order valence-corrected chi connectivity index (χ4v) is 2.25. The van der Waals surface area contributed by atoms with E-state index in [-0.39, 0.29) is 0 Å². The second kappa shape index (κ2) is 7.84. The molecule has 2 nitrogen and oxygen atoms in total. The van der Waals surface area contributed by atoms with Crippen LogP contribution in [0.1, 0.15) is 36.1 Å². The number of hydrogen-bond acceptors (Lipinski definition) is 2. The molecule has 0 heterocycles. The van der Waals surface area contributed by atoms with Gasteiger partial charge in [-0.3, -0.25) is 0 Å². The van der Waals surface area contributed by atoms with Crippen LogP contribution < -0.4 is 10.1 Å². The SMILES string of the molecule is Cc1ccc(C(C)NCCCOc2ccccc2)cc1C. The molecule has 21 heavy (non-hydrogen) atoms. The number of nitrogens with one attached hydrogen (secondary N) is 1. The van der Waals surface area contributed by atoms with E-state index in [1.165, 1.54) is 16.7 Å². The highest BCUT2D eigenvalue weighted by atomic mass is 16.5. The Hall–Kier alpha value is -1.80. The molecule has 2 aromatic carbocycles. The van der Waals surface area contributed by atoms with Crippen molar-refractivity contribution >= 4 is 0 Å². The standard InChI is InChI=1S/C19H25NO/c1-15-10-11-18(14-16(15)2)17(3)20-12-7-13-21-19-8-5-4-6-9-19/h4-6,8-11,14,17,20H,7,12-13H2,1-3H3. The molecule has 0 radical (unpaired) electrons. The van der Waals surface area contributed by atoms with Crippen molar-refractivity contribution in [2.75, 3.05) is 13.2 Å². The average Bonchev–Trinajstić information content (AvgIpc) is 2.50. The van der Waals surface area contributed by atoms with Crippen molar-refractivity contribution in [1.29, 1.82) is 0 Å². The van der Waals surface area contributed by atoms with Crippen LogP contribution >= 0.6 is 0 Å². The summed E-state index contributed by atoms with van der Waals surface area (Å²) < 4.78 is 5.69. The molecule has 2 rings (SSSR count). The van der Waals surface area contributed by atoms with Crippen LogP contribution in [0.2, 0.25) is 0 Å². The molecule has 0 amide bonds. The molecule has 0 fully saturated rings. The lowest BCUT2D eigenvalue weighted by Gasteiger charge is -2.16. The second-order valence-electron chi connectivity index (χ2n) is 5.53. The molecule has 0 saturated carbocycles. The minimum Gasteiger partial charge on any atom is -0.494 e. The van der Waals surface area contributed by atoms with Gasteiger partial charge in [0.05, 0.1) is 6.61 Å². The second-order valence-corrected chi connectivity index (χ2v) is 5.53. The molecule has 0 aliphatic heterocycles. The van der Waals surface area contributed by atoms with Gasteiger partial charge in [0.25, 0.3) is 0 Å². The fraction of sp³-hybridized carbons (Fsp3) is 0.368. The minimum absolute atomic E-state index is 0.376. The molecule has 0 spiro atoms. The summed E-state index contributed by atoms with van der Waals surface area (Å²) in [5.41, 5.74) is 4.05. The Bertz CT molecular complexity index is 551. The van der Waals surface area contributed by atoms with Crippen molar-refractivity contribution in [3.8, 4) is 5.75 Å². The summed E-state index contributed by atoms with van der Waals surface area (Å²) in [4.78, 5) is 0. The lowest BCUT2D eigenvalue weighted by molar-refractivity contribution is 0.305. The molecule has 0 saturated heterocycles. The van der Waals surface area contributed by atoms with Gasteiger partial charge in [-0.15, -0.1) is 0 Å². The van der Waals surface area contributed by atoms with Gasteiger partial charge in [-0.05, 0) is 62.6 Å². The van der Waals surface area contributed by atoms with Gasteiger partial charge < -0.3 is 10.1 Å². The van der Waals surface area contributed by atoms with Crippen LogP contribution in [-0.4, -0.2) is 13.2 Å². The van der Waals surface area contributed by atoms with Gasteiger partial charge in [-0.2, -0.15) is 0 Å². The molecule has 112 valence electrons. The summed E-state index contributed by atoms with van der Waals surface area (Å²) in [5, 5.41) is 3.55. The van der Waals surface area contributed by atoms with E-state index in [4.69, 9.17) is 4.74 Å². The third-order valence-corrected chi connectivity index (χ3v) is 3.81. The molecule has 1 N–H and O–H groups in total. The topological polar surface area (TPSA) is 21.3 Å². The predicted octanol–water partition coefficient (Wildman–Crippen LogP) is 4.42. The van der Waals surface area contributed by atoms with Gasteiger partial charge in [0.15, 0.2) is 0 Å². The Morgan fingerprint density at radius 3 is 2.48 bits per heavy atom. The van der Waals surface area contributed by atoms with Crippen molar-refractivity contribution in [1.82, 2.24) is 5.32 Å². The summed E-state index contributed by atoms with van der Waals surface area (Å²) in [5.74, 6) is 0.944. The first-order chi connectivity index (χ1) is 10.2. The van der Waals surface area contributed by atoms with E-state index in [0.717, 1.165) is 25.3 Å². The summed E-state index contributed by atoms with van der Waals surface area (Å²) in [6.07, 6.45) is 1.00. The Balaban J connectivity index is 1.69. The Morgan fingerprint density at radius 2 is 1.76 bits per heavy atom. The van der Waals surface area contributed by atoms with Gasteiger partial charge in [0, 0.05) is 6.04 Å². The number of rotatable bonds is 7. The monoisotopic (exact) mass is 283 g/mol. The molecular weight excluding hydrogens is 258 g/mol. The van der Waals surface area contributed by atoms with Crippen molar-refractivity contribution in [2.45, 2.75) is 33.2 Å². The largest absolute Gasteiger partial charge is 0.494 e. The van der Waals surface area contributed by atoms with Gasteiger partial charge in [-0.25, -0.2) is 0 Å². The lowest BCUT2D eigenvalue weighted by Crippen LogP contribution is -2.21. The number of aryl methyl sites for hydroxylation is 2. The number of benzene rings is 2. The maximum Gasteiger partial charge on any atom is 0.119 e. The van der Waals surface area contributed by atoms with Gasteiger partial charge in [0.1, 0.15) is 5.75 Å². The zero-order chi connectivity index (χ0) is 15.1. The summed E-state index contributed by atoms with van der Waals surface area (Å²) in [6, 6.07) is 17.0. The van der Waals surface area contributed by atoms with Crippen LogP contribution in [0.25, 0.3) is 0 Å². The summed E-state index contributed by atoms with van der Waals surface area (Å²) in [6.45, 7) is 8.23. The Kier molecular flexibility index (Phi) is 5.82. The Morgan fingerprint density at radius 1 is 1.00 bits per heavy atom. The third kappa shape index (κ3) is 4.91. The molecule has 2 heteroatoms. The maximum absolute atomic E-state index is 5.69. The van der Waals surface area contributed by atoms with E-state index in [1.807, 2.05) is 30.3 Å². The third-order valence-electron chi connectivity index (χ3n) is 3.81. The van der Waals surface area contributed by atoms with Gasteiger partial charge in [-0.1, -0.05) is 36.4 Å². The highest BCUT2D eigenvalue weighted by Crippen LogP contribution is 2.16. The highest BCUT2D eigenvalue weighted by molar-refractivity contribution is 5.31. The first kappa shape index (κ1) is 15.6. The van der Waals surface area contributed by atoms with E-state index in [9.17, 15) is 0 Å². The molecule has 0 bridgehead atoms. The molecule has 2 aromatic rings. The molecule has 0 aliphatic carbocycles. The average molecular weight is 283 g/mol. The normalized spacial score (nSPS) is 12.1. The van der Waals surface area contributed by atoms with Crippen LogP contribution in [0.15, 0.2) is 48.5 Å². The smallest absolute Gasteiger partial charge is 0.119 e. The number of hydrogen-bond donors (Lipinski definition) is 1. The van der Waals surface area contributed by atoms with Crippen LogP contribution in [-0.2, 0) is 0 Å². The fourth-order valence-electron chi connectivity index (χ4n) is 2.25. The van der Waals surface area contributed by atoms with E-state index in [1.54, 1.807) is 0 Å². The van der Waals surface area contributed by atoms with E-state index < -0.39 is 0 Å². The Labute approximate surface area is 128 Å². The molecule has 1 atom stereocenters. The van der Waals surface area contributed by atoms with Crippen molar-refractivity contribution in [2.24, 2.45) is 0 Å². The summed E-state index contributed by atoms with van der Waals surface area (Å²) >= 11 is 0. The van der Waals surface area contributed by atoms with E-state index >= 15 is 0 Å². The van der Waals surface area contributed by atoms with E-state index in [0.29, 0.717) is 6.04 Å². The van der Waals surface area contributed by atoms with Crippen LogP contribution in [0.5, 0.6) is 5.75 Å². The summed E-state index contributed by atoms with van der Waals surface area (Å²) in [7, 11) is 0. The lowest BCUT2D eigenvalue weighted by atomic mass is 10.0. The highest BCUT2D eigenvalue weighted by Gasteiger charge is 2.05.